The average molecular weight is 338 g/mol. The number of hydrogen-bond acceptors (Lipinski definition) is 3. The standard InChI is InChI=1S/C16H24BrN3/c17-16-11-14(5-4-13(16)6-7-18)20-10-9-19-8-2-1-3-15(19)12-20/h4-5,11,15H,1-3,6-10,12,18H2. The van der Waals surface area contributed by atoms with Crippen LogP contribution in [-0.4, -0.2) is 43.7 Å². The molecular weight excluding hydrogens is 314 g/mol. The zero-order valence-corrected chi connectivity index (χ0v) is 13.6. The second kappa shape index (κ2) is 6.46. The molecule has 3 rings (SSSR count). The second-order valence-corrected chi connectivity index (χ2v) is 6.80. The Morgan fingerprint density at radius 3 is 2.90 bits per heavy atom. The molecule has 110 valence electrons. The summed E-state index contributed by atoms with van der Waals surface area (Å²) in [6.45, 7) is 5.56. The number of hydrogen-bond donors (Lipinski definition) is 1. The molecule has 1 aromatic carbocycles. The number of benzene rings is 1. The lowest BCUT2D eigenvalue weighted by Gasteiger charge is -2.45. The van der Waals surface area contributed by atoms with Crippen molar-refractivity contribution in [1.29, 1.82) is 0 Å². The van der Waals surface area contributed by atoms with Crippen LogP contribution in [0.2, 0.25) is 0 Å². The van der Waals surface area contributed by atoms with Crippen molar-refractivity contribution in [2.75, 3.05) is 37.6 Å². The fraction of sp³-hybridized carbons (Fsp3) is 0.625. The molecule has 0 aliphatic carbocycles. The lowest BCUT2D eigenvalue weighted by atomic mass is 9.99. The number of halogens is 1. The summed E-state index contributed by atoms with van der Waals surface area (Å²) in [5.41, 5.74) is 8.31. The van der Waals surface area contributed by atoms with Gasteiger partial charge in [-0.1, -0.05) is 28.4 Å². The largest absolute Gasteiger partial charge is 0.369 e. The third kappa shape index (κ3) is 3.02. The Hall–Kier alpha value is -0.580. The predicted octanol–water partition coefficient (Wildman–Crippen LogP) is 2.62. The summed E-state index contributed by atoms with van der Waals surface area (Å²) in [6, 6.07) is 7.51. The van der Waals surface area contributed by atoms with Crippen molar-refractivity contribution >= 4 is 21.6 Å². The fourth-order valence-corrected chi connectivity index (χ4v) is 4.05. The minimum Gasteiger partial charge on any atom is -0.369 e. The summed E-state index contributed by atoms with van der Waals surface area (Å²) in [4.78, 5) is 5.22. The van der Waals surface area contributed by atoms with Gasteiger partial charge in [-0.25, -0.2) is 0 Å². The third-order valence-electron chi connectivity index (χ3n) is 4.65. The summed E-state index contributed by atoms with van der Waals surface area (Å²) >= 11 is 3.69. The number of nitrogens with zero attached hydrogens (tertiary/aromatic N) is 2. The molecule has 2 fully saturated rings. The van der Waals surface area contributed by atoms with Gasteiger partial charge in [0.1, 0.15) is 0 Å². The summed E-state index contributed by atoms with van der Waals surface area (Å²) in [6.07, 6.45) is 5.09. The zero-order chi connectivity index (χ0) is 13.9. The first-order valence-corrected chi connectivity index (χ1v) is 8.55. The second-order valence-electron chi connectivity index (χ2n) is 5.95. The molecule has 1 unspecified atom stereocenters. The molecule has 2 N–H and O–H groups in total. The first-order valence-electron chi connectivity index (χ1n) is 7.75. The molecule has 0 spiro atoms. The first-order chi connectivity index (χ1) is 9.78. The van der Waals surface area contributed by atoms with E-state index in [1.165, 1.54) is 54.6 Å². The lowest BCUT2D eigenvalue weighted by molar-refractivity contribution is 0.133. The van der Waals surface area contributed by atoms with E-state index >= 15 is 0 Å². The maximum atomic E-state index is 5.65. The SMILES string of the molecule is NCCc1ccc(N2CCN3CCCCC3C2)cc1Br. The van der Waals surface area contributed by atoms with E-state index in [4.69, 9.17) is 5.73 Å². The molecule has 0 aromatic heterocycles. The molecule has 20 heavy (non-hydrogen) atoms. The molecule has 2 aliphatic heterocycles. The van der Waals surface area contributed by atoms with Crippen LogP contribution in [-0.2, 0) is 6.42 Å². The molecule has 1 atom stereocenters. The van der Waals surface area contributed by atoms with Crippen LogP contribution in [0, 0.1) is 0 Å². The molecule has 0 radical (unpaired) electrons. The van der Waals surface area contributed by atoms with Gasteiger partial charge in [0, 0.05) is 35.8 Å². The molecule has 2 saturated heterocycles. The van der Waals surface area contributed by atoms with Gasteiger partial charge in [-0.3, -0.25) is 4.90 Å². The Kier molecular flexibility index (Phi) is 4.64. The van der Waals surface area contributed by atoms with Gasteiger partial charge in [-0.2, -0.15) is 0 Å². The van der Waals surface area contributed by atoms with Crippen LogP contribution in [0.1, 0.15) is 24.8 Å². The summed E-state index contributed by atoms with van der Waals surface area (Å²) in [5.74, 6) is 0. The van der Waals surface area contributed by atoms with Gasteiger partial charge in [-0.05, 0) is 50.0 Å². The van der Waals surface area contributed by atoms with E-state index in [1.807, 2.05) is 0 Å². The van der Waals surface area contributed by atoms with Crippen molar-refractivity contribution in [2.24, 2.45) is 5.73 Å². The Labute approximate surface area is 130 Å². The van der Waals surface area contributed by atoms with E-state index in [0.717, 1.165) is 19.0 Å². The van der Waals surface area contributed by atoms with Crippen LogP contribution in [0.3, 0.4) is 0 Å². The van der Waals surface area contributed by atoms with E-state index in [9.17, 15) is 0 Å². The summed E-state index contributed by atoms with van der Waals surface area (Å²) in [5, 5.41) is 0. The van der Waals surface area contributed by atoms with Crippen molar-refractivity contribution in [3.63, 3.8) is 0 Å². The van der Waals surface area contributed by atoms with Gasteiger partial charge in [0.2, 0.25) is 0 Å². The van der Waals surface area contributed by atoms with Crippen LogP contribution >= 0.6 is 15.9 Å². The van der Waals surface area contributed by atoms with Gasteiger partial charge in [0.05, 0.1) is 0 Å². The van der Waals surface area contributed by atoms with Gasteiger partial charge in [0.15, 0.2) is 0 Å². The predicted molar refractivity (Wildman–Crippen MR) is 88.3 cm³/mol. The van der Waals surface area contributed by atoms with Crippen LogP contribution in [0.5, 0.6) is 0 Å². The first kappa shape index (κ1) is 14.4. The molecule has 1 aromatic rings. The number of rotatable bonds is 3. The number of fused-ring (bicyclic) bond motifs is 1. The Balaban J connectivity index is 1.71. The van der Waals surface area contributed by atoms with E-state index in [1.54, 1.807) is 0 Å². The van der Waals surface area contributed by atoms with Crippen molar-refractivity contribution in [2.45, 2.75) is 31.7 Å². The topological polar surface area (TPSA) is 32.5 Å². The van der Waals surface area contributed by atoms with Crippen molar-refractivity contribution in [3.05, 3.63) is 28.2 Å². The fourth-order valence-electron chi connectivity index (χ4n) is 3.48. The Morgan fingerprint density at radius 1 is 1.20 bits per heavy atom. The molecule has 2 aliphatic rings. The molecule has 4 heteroatoms. The van der Waals surface area contributed by atoms with Crippen molar-refractivity contribution < 1.29 is 0 Å². The van der Waals surface area contributed by atoms with Crippen LogP contribution in [0.25, 0.3) is 0 Å². The quantitative estimate of drug-likeness (QED) is 0.920. The number of anilines is 1. The van der Waals surface area contributed by atoms with Crippen molar-refractivity contribution in [1.82, 2.24) is 4.90 Å². The molecule has 0 saturated carbocycles. The van der Waals surface area contributed by atoms with Gasteiger partial charge >= 0.3 is 0 Å². The highest BCUT2D eigenvalue weighted by Gasteiger charge is 2.28. The van der Waals surface area contributed by atoms with Crippen LogP contribution in [0.4, 0.5) is 5.69 Å². The number of piperidine rings is 1. The smallest absolute Gasteiger partial charge is 0.0378 e. The van der Waals surface area contributed by atoms with E-state index in [2.05, 4.69) is 43.9 Å². The van der Waals surface area contributed by atoms with Gasteiger partial charge in [0.25, 0.3) is 0 Å². The highest BCUT2D eigenvalue weighted by Crippen LogP contribution is 2.28. The van der Waals surface area contributed by atoms with Crippen molar-refractivity contribution in [3.8, 4) is 0 Å². The van der Waals surface area contributed by atoms with Gasteiger partial charge < -0.3 is 10.6 Å². The zero-order valence-electron chi connectivity index (χ0n) is 12.0. The minimum absolute atomic E-state index is 0.707. The molecular formula is C16H24BrN3. The molecule has 0 amide bonds. The highest BCUT2D eigenvalue weighted by molar-refractivity contribution is 9.10. The Morgan fingerprint density at radius 2 is 2.10 bits per heavy atom. The Bertz CT molecular complexity index is 463. The summed E-state index contributed by atoms with van der Waals surface area (Å²) < 4.78 is 1.20. The highest BCUT2D eigenvalue weighted by atomic mass is 79.9. The number of piperazine rings is 1. The normalized spacial score (nSPS) is 23.7. The van der Waals surface area contributed by atoms with E-state index < -0.39 is 0 Å². The van der Waals surface area contributed by atoms with Crippen LogP contribution < -0.4 is 10.6 Å². The molecule has 3 nitrogen and oxygen atoms in total. The lowest BCUT2D eigenvalue weighted by Crippen LogP contribution is -2.54. The third-order valence-corrected chi connectivity index (χ3v) is 5.39. The number of nitrogens with two attached hydrogens (primary N) is 1. The minimum atomic E-state index is 0.707. The van der Waals surface area contributed by atoms with Gasteiger partial charge in [-0.15, -0.1) is 0 Å². The van der Waals surface area contributed by atoms with E-state index in [0.29, 0.717) is 6.54 Å². The van der Waals surface area contributed by atoms with E-state index in [-0.39, 0.29) is 0 Å². The van der Waals surface area contributed by atoms with Crippen LogP contribution in [0.15, 0.2) is 22.7 Å². The monoisotopic (exact) mass is 337 g/mol. The molecule has 0 bridgehead atoms. The maximum Gasteiger partial charge on any atom is 0.0378 e. The molecule has 2 heterocycles. The average Bonchev–Trinajstić information content (AvgIpc) is 2.49. The maximum absolute atomic E-state index is 5.65. The summed E-state index contributed by atoms with van der Waals surface area (Å²) in [7, 11) is 0.